The fourth-order valence-electron chi connectivity index (χ4n) is 2.45. The second-order valence-electron chi connectivity index (χ2n) is 5.11. The van der Waals surface area contributed by atoms with Crippen LogP contribution in [0.15, 0.2) is 30.6 Å². The largest absolute Gasteiger partial charge is 0.335 e. The molecule has 2 aromatic rings. The molecule has 1 unspecified atom stereocenters. The zero-order valence-corrected chi connectivity index (χ0v) is 12.4. The summed E-state index contributed by atoms with van der Waals surface area (Å²) in [5.74, 6) is 0.829. The normalized spacial score (nSPS) is 12.6. The lowest BCUT2D eigenvalue weighted by Crippen LogP contribution is -2.22. The zero-order valence-electron chi connectivity index (χ0n) is 12.4. The molecule has 1 N–H and O–H groups in total. The molecule has 0 aliphatic heterocycles. The summed E-state index contributed by atoms with van der Waals surface area (Å²) < 4.78 is 16.2. The summed E-state index contributed by atoms with van der Waals surface area (Å²) >= 11 is 0. The third kappa shape index (κ3) is 3.25. The molecule has 1 heterocycles. The van der Waals surface area contributed by atoms with E-state index >= 15 is 0 Å². The third-order valence-corrected chi connectivity index (χ3v) is 3.53. The van der Waals surface area contributed by atoms with Crippen LogP contribution in [-0.4, -0.2) is 16.6 Å². The van der Waals surface area contributed by atoms with E-state index in [9.17, 15) is 4.39 Å². The topological polar surface area (TPSA) is 29.9 Å². The van der Waals surface area contributed by atoms with Gasteiger partial charge in [-0.05, 0) is 26.5 Å². The summed E-state index contributed by atoms with van der Waals surface area (Å²) in [6, 6.07) is 5.17. The molecule has 0 spiro atoms. The predicted molar refractivity (Wildman–Crippen MR) is 79.2 cm³/mol. The van der Waals surface area contributed by atoms with Gasteiger partial charge in [0.1, 0.15) is 11.6 Å². The van der Waals surface area contributed by atoms with E-state index < -0.39 is 0 Å². The molecule has 0 aliphatic rings. The molecule has 2 rings (SSSR count). The third-order valence-electron chi connectivity index (χ3n) is 3.53. The minimum Gasteiger partial charge on any atom is -0.335 e. The Kier molecular flexibility index (Phi) is 4.90. The molecule has 108 valence electrons. The van der Waals surface area contributed by atoms with Crippen LogP contribution >= 0.6 is 0 Å². The standard InChI is InChI=1S/C16H22FN3/c1-4-8-20-9-7-19-16(20)11-15(18-3)13-10-12(2)5-6-14(13)17/h5-7,9-10,15,18H,4,8,11H2,1-3H3. The molecule has 0 saturated carbocycles. The Balaban J connectivity index is 2.24. The Morgan fingerprint density at radius 2 is 2.20 bits per heavy atom. The maximum Gasteiger partial charge on any atom is 0.128 e. The fraction of sp³-hybridized carbons (Fsp3) is 0.438. The van der Waals surface area contributed by atoms with Crippen LogP contribution < -0.4 is 5.32 Å². The first-order valence-corrected chi connectivity index (χ1v) is 7.09. The van der Waals surface area contributed by atoms with E-state index in [1.54, 1.807) is 6.07 Å². The van der Waals surface area contributed by atoms with Crippen molar-refractivity contribution in [1.29, 1.82) is 0 Å². The van der Waals surface area contributed by atoms with Gasteiger partial charge in [0.25, 0.3) is 0 Å². The Morgan fingerprint density at radius 1 is 1.40 bits per heavy atom. The smallest absolute Gasteiger partial charge is 0.128 e. The fourth-order valence-corrected chi connectivity index (χ4v) is 2.45. The van der Waals surface area contributed by atoms with Gasteiger partial charge in [-0.2, -0.15) is 0 Å². The summed E-state index contributed by atoms with van der Waals surface area (Å²) in [6.07, 6.45) is 5.54. The van der Waals surface area contributed by atoms with Crippen LogP contribution in [0, 0.1) is 12.7 Å². The second kappa shape index (κ2) is 6.66. The number of halogens is 1. The summed E-state index contributed by atoms with van der Waals surface area (Å²) in [5.41, 5.74) is 1.78. The average Bonchev–Trinajstić information content (AvgIpc) is 2.87. The van der Waals surface area contributed by atoms with Crippen LogP contribution in [0.25, 0.3) is 0 Å². The number of likely N-dealkylation sites (N-methyl/N-ethyl adjacent to an activating group) is 1. The molecule has 1 atom stereocenters. The van der Waals surface area contributed by atoms with Crippen LogP contribution in [0.5, 0.6) is 0 Å². The summed E-state index contributed by atoms with van der Waals surface area (Å²) in [6.45, 7) is 5.06. The van der Waals surface area contributed by atoms with Gasteiger partial charge in [0.15, 0.2) is 0 Å². The number of aromatic nitrogens is 2. The lowest BCUT2D eigenvalue weighted by atomic mass is 10.0. The van der Waals surface area contributed by atoms with Crippen molar-refractivity contribution in [3.05, 3.63) is 53.4 Å². The Bertz CT molecular complexity index is 563. The van der Waals surface area contributed by atoms with E-state index in [0.29, 0.717) is 12.0 Å². The number of hydrogen-bond donors (Lipinski definition) is 1. The maximum absolute atomic E-state index is 14.0. The molecule has 0 amide bonds. The molecule has 20 heavy (non-hydrogen) atoms. The van der Waals surface area contributed by atoms with Crippen molar-refractivity contribution in [2.24, 2.45) is 0 Å². The minimum atomic E-state index is -0.163. The number of rotatable bonds is 6. The lowest BCUT2D eigenvalue weighted by molar-refractivity contribution is 0.510. The highest BCUT2D eigenvalue weighted by molar-refractivity contribution is 5.27. The Labute approximate surface area is 119 Å². The molecule has 1 aromatic heterocycles. The van der Waals surface area contributed by atoms with Gasteiger partial charge in [-0.15, -0.1) is 0 Å². The van der Waals surface area contributed by atoms with Crippen molar-refractivity contribution in [3.8, 4) is 0 Å². The van der Waals surface area contributed by atoms with Gasteiger partial charge in [-0.25, -0.2) is 9.37 Å². The summed E-state index contributed by atoms with van der Waals surface area (Å²) in [4.78, 5) is 4.40. The van der Waals surface area contributed by atoms with Crippen LogP contribution in [0.2, 0.25) is 0 Å². The van der Waals surface area contributed by atoms with Gasteiger partial charge in [0, 0.05) is 37.0 Å². The van der Waals surface area contributed by atoms with Gasteiger partial charge in [-0.3, -0.25) is 0 Å². The molecule has 1 aromatic carbocycles. The van der Waals surface area contributed by atoms with Crippen molar-refractivity contribution < 1.29 is 4.39 Å². The summed E-state index contributed by atoms with van der Waals surface area (Å²) in [5, 5.41) is 3.20. The van der Waals surface area contributed by atoms with Crippen molar-refractivity contribution in [1.82, 2.24) is 14.9 Å². The van der Waals surface area contributed by atoms with E-state index in [1.807, 2.05) is 32.4 Å². The number of benzene rings is 1. The van der Waals surface area contributed by atoms with Crippen LogP contribution in [0.3, 0.4) is 0 Å². The number of hydrogen-bond acceptors (Lipinski definition) is 2. The first-order chi connectivity index (χ1) is 9.65. The highest BCUT2D eigenvalue weighted by atomic mass is 19.1. The van der Waals surface area contributed by atoms with E-state index in [4.69, 9.17) is 0 Å². The molecule has 0 saturated heterocycles. The molecule has 3 nitrogen and oxygen atoms in total. The van der Waals surface area contributed by atoms with Crippen LogP contribution in [0.1, 0.15) is 36.3 Å². The molecular weight excluding hydrogens is 253 g/mol. The minimum absolute atomic E-state index is 0.0621. The van der Waals surface area contributed by atoms with E-state index in [2.05, 4.69) is 21.8 Å². The van der Waals surface area contributed by atoms with Crippen molar-refractivity contribution in [2.45, 2.75) is 39.3 Å². The second-order valence-corrected chi connectivity index (χ2v) is 5.11. The predicted octanol–water partition coefficient (Wildman–Crippen LogP) is 3.24. The van der Waals surface area contributed by atoms with Gasteiger partial charge in [-0.1, -0.05) is 24.6 Å². The van der Waals surface area contributed by atoms with Gasteiger partial charge in [0.05, 0.1) is 0 Å². The molecule has 0 fully saturated rings. The van der Waals surface area contributed by atoms with Crippen molar-refractivity contribution in [2.75, 3.05) is 7.05 Å². The van der Waals surface area contributed by atoms with E-state index in [0.717, 1.165) is 24.4 Å². The highest BCUT2D eigenvalue weighted by Gasteiger charge is 2.17. The van der Waals surface area contributed by atoms with Crippen molar-refractivity contribution in [3.63, 3.8) is 0 Å². The van der Waals surface area contributed by atoms with E-state index in [1.165, 1.54) is 6.07 Å². The van der Waals surface area contributed by atoms with Gasteiger partial charge in [0.2, 0.25) is 0 Å². The number of imidazole rings is 1. The van der Waals surface area contributed by atoms with Crippen LogP contribution in [-0.2, 0) is 13.0 Å². The van der Waals surface area contributed by atoms with Crippen molar-refractivity contribution >= 4 is 0 Å². The number of aryl methyl sites for hydroxylation is 2. The Morgan fingerprint density at radius 3 is 2.90 bits per heavy atom. The first kappa shape index (κ1) is 14.7. The monoisotopic (exact) mass is 275 g/mol. The first-order valence-electron chi connectivity index (χ1n) is 7.09. The zero-order chi connectivity index (χ0) is 14.5. The van der Waals surface area contributed by atoms with Gasteiger partial charge < -0.3 is 9.88 Å². The highest BCUT2D eigenvalue weighted by Crippen LogP contribution is 2.22. The maximum atomic E-state index is 14.0. The lowest BCUT2D eigenvalue weighted by Gasteiger charge is -2.18. The molecule has 0 radical (unpaired) electrons. The van der Waals surface area contributed by atoms with E-state index in [-0.39, 0.29) is 11.9 Å². The Hall–Kier alpha value is -1.68. The average molecular weight is 275 g/mol. The van der Waals surface area contributed by atoms with Crippen LogP contribution in [0.4, 0.5) is 4.39 Å². The SMILES string of the molecule is CCCn1ccnc1CC(NC)c1cc(C)ccc1F. The summed E-state index contributed by atoms with van der Waals surface area (Å²) in [7, 11) is 1.86. The quantitative estimate of drug-likeness (QED) is 0.877. The number of nitrogens with one attached hydrogen (secondary N) is 1. The molecule has 4 heteroatoms. The number of nitrogens with zero attached hydrogens (tertiary/aromatic N) is 2. The molecular formula is C16H22FN3. The van der Waals surface area contributed by atoms with Gasteiger partial charge >= 0.3 is 0 Å². The molecule has 0 aliphatic carbocycles. The molecule has 0 bridgehead atoms.